The number of carbonyl (C=O) groups excluding carboxylic acids is 2. The van der Waals surface area contributed by atoms with E-state index in [0.717, 1.165) is 16.4 Å². The minimum absolute atomic E-state index is 0.0604. The van der Waals surface area contributed by atoms with Gasteiger partial charge in [0.1, 0.15) is 30.0 Å². The molecule has 0 saturated carbocycles. The van der Waals surface area contributed by atoms with Gasteiger partial charge in [-0.05, 0) is 86.5 Å². The van der Waals surface area contributed by atoms with Crippen LogP contribution < -0.4 is 14.4 Å². The van der Waals surface area contributed by atoms with Gasteiger partial charge in [-0.15, -0.1) is 0 Å². The van der Waals surface area contributed by atoms with Crippen LogP contribution in [0.3, 0.4) is 0 Å². The van der Waals surface area contributed by atoms with Crippen LogP contribution in [-0.4, -0.2) is 50.9 Å². The summed E-state index contributed by atoms with van der Waals surface area (Å²) in [6.45, 7) is 5.29. The molecule has 3 aromatic carbocycles. The van der Waals surface area contributed by atoms with Crippen LogP contribution in [-0.2, 0) is 26.2 Å². The lowest BCUT2D eigenvalue weighted by Crippen LogP contribution is -2.52. The molecule has 2 amide bonds. The van der Waals surface area contributed by atoms with Gasteiger partial charge in [-0.2, -0.15) is 0 Å². The minimum Gasteiger partial charge on any atom is -0.494 e. The van der Waals surface area contributed by atoms with Gasteiger partial charge >= 0.3 is 0 Å². The van der Waals surface area contributed by atoms with Crippen LogP contribution in [0.25, 0.3) is 0 Å². The average Bonchev–Trinajstić information content (AvgIpc) is 2.93. The van der Waals surface area contributed by atoms with Crippen molar-refractivity contribution in [1.29, 1.82) is 0 Å². The molecular formula is C29H33F2N3O5S. The predicted molar refractivity (Wildman–Crippen MR) is 148 cm³/mol. The molecule has 0 heterocycles. The zero-order valence-electron chi connectivity index (χ0n) is 22.6. The number of likely N-dealkylation sites (N-methyl/N-ethyl adjacent to an activating group) is 1. The molecule has 3 rings (SSSR count). The van der Waals surface area contributed by atoms with Gasteiger partial charge in [-0.25, -0.2) is 17.2 Å². The first-order valence-corrected chi connectivity index (χ1v) is 14.4. The highest BCUT2D eigenvalue weighted by atomic mass is 32.2. The van der Waals surface area contributed by atoms with Gasteiger partial charge in [0.25, 0.3) is 10.0 Å². The fourth-order valence-electron chi connectivity index (χ4n) is 4.14. The molecule has 1 unspecified atom stereocenters. The number of nitrogens with one attached hydrogen (secondary N) is 1. The fourth-order valence-corrected chi connectivity index (χ4v) is 5.55. The van der Waals surface area contributed by atoms with E-state index in [1.165, 1.54) is 65.6 Å². The molecule has 8 nitrogen and oxygen atoms in total. The Kier molecular flexibility index (Phi) is 10.6. The molecule has 3 aromatic rings. The smallest absolute Gasteiger partial charge is 0.264 e. The number of hydrogen-bond acceptors (Lipinski definition) is 5. The summed E-state index contributed by atoms with van der Waals surface area (Å²) in [5.74, 6) is -1.62. The van der Waals surface area contributed by atoms with E-state index in [1.54, 1.807) is 20.8 Å². The number of anilines is 1. The molecule has 0 bridgehead atoms. The summed E-state index contributed by atoms with van der Waals surface area (Å²) in [6, 6.07) is 15.0. The lowest BCUT2D eigenvalue weighted by Gasteiger charge is -2.33. The Labute approximate surface area is 233 Å². The van der Waals surface area contributed by atoms with Crippen molar-refractivity contribution in [3.63, 3.8) is 0 Å². The fraction of sp³-hybridized carbons (Fsp3) is 0.310. The second kappa shape index (κ2) is 13.9. The molecule has 1 atom stereocenters. The van der Waals surface area contributed by atoms with E-state index >= 15 is 0 Å². The summed E-state index contributed by atoms with van der Waals surface area (Å²) in [7, 11) is -4.31. The van der Waals surface area contributed by atoms with E-state index < -0.39 is 46.1 Å². The van der Waals surface area contributed by atoms with Gasteiger partial charge in [0.15, 0.2) is 0 Å². The standard InChI is InChI=1S/C29H33F2N3O5S/c1-4-27(29(36)32-5-2)33(19-21-7-9-22(30)10-8-21)28(35)20-34(24-13-11-23(31)12-14-24)40(37,38)26-17-15-25(16-18-26)39-6-3/h7-18,27H,4-6,19-20H2,1-3H3,(H,32,36). The second-order valence-electron chi connectivity index (χ2n) is 8.86. The summed E-state index contributed by atoms with van der Waals surface area (Å²) in [4.78, 5) is 28.0. The van der Waals surface area contributed by atoms with E-state index in [9.17, 15) is 26.8 Å². The van der Waals surface area contributed by atoms with Gasteiger partial charge in [-0.1, -0.05) is 19.1 Å². The van der Waals surface area contributed by atoms with Crippen molar-refractivity contribution in [3.05, 3.63) is 90.0 Å². The Morgan fingerprint density at radius 1 is 0.875 bits per heavy atom. The maximum Gasteiger partial charge on any atom is 0.264 e. The first-order chi connectivity index (χ1) is 19.1. The normalized spacial score (nSPS) is 11.9. The van der Waals surface area contributed by atoms with Gasteiger partial charge < -0.3 is 15.0 Å². The van der Waals surface area contributed by atoms with Gasteiger partial charge in [0, 0.05) is 13.1 Å². The van der Waals surface area contributed by atoms with E-state index in [0.29, 0.717) is 24.5 Å². The zero-order chi connectivity index (χ0) is 29.3. The zero-order valence-corrected chi connectivity index (χ0v) is 23.5. The van der Waals surface area contributed by atoms with Crippen LogP contribution in [0.5, 0.6) is 5.75 Å². The second-order valence-corrected chi connectivity index (χ2v) is 10.7. The van der Waals surface area contributed by atoms with Crippen molar-refractivity contribution in [2.75, 3.05) is 24.0 Å². The lowest BCUT2D eigenvalue weighted by atomic mass is 10.1. The van der Waals surface area contributed by atoms with Crippen LogP contribution in [0.2, 0.25) is 0 Å². The van der Waals surface area contributed by atoms with Crippen molar-refractivity contribution >= 4 is 27.5 Å². The van der Waals surface area contributed by atoms with Crippen molar-refractivity contribution < 1.29 is 31.5 Å². The molecule has 0 aliphatic heterocycles. The third-order valence-electron chi connectivity index (χ3n) is 6.12. The van der Waals surface area contributed by atoms with Crippen molar-refractivity contribution in [3.8, 4) is 5.75 Å². The highest BCUT2D eigenvalue weighted by Crippen LogP contribution is 2.26. The van der Waals surface area contributed by atoms with E-state index in [2.05, 4.69) is 5.32 Å². The van der Waals surface area contributed by atoms with E-state index in [-0.39, 0.29) is 23.5 Å². The summed E-state index contributed by atoms with van der Waals surface area (Å²) < 4.78 is 61.2. The molecule has 0 aliphatic carbocycles. The molecule has 1 N–H and O–H groups in total. The molecule has 0 aromatic heterocycles. The molecule has 0 radical (unpaired) electrons. The third kappa shape index (κ3) is 7.56. The Morgan fingerprint density at radius 3 is 1.98 bits per heavy atom. The topological polar surface area (TPSA) is 96.0 Å². The number of amides is 2. The molecular weight excluding hydrogens is 540 g/mol. The molecule has 0 saturated heterocycles. The highest BCUT2D eigenvalue weighted by molar-refractivity contribution is 7.92. The lowest BCUT2D eigenvalue weighted by molar-refractivity contribution is -0.140. The Morgan fingerprint density at radius 2 is 1.45 bits per heavy atom. The van der Waals surface area contributed by atoms with Crippen molar-refractivity contribution in [2.45, 2.75) is 44.7 Å². The third-order valence-corrected chi connectivity index (χ3v) is 7.91. The first-order valence-electron chi connectivity index (χ1n) is 12.9. The van der Waals surface area contributed by atoms with Crippen LogP contribution >= 0.6 is 0 Å². The van der Waals surface area contributed by atoms with E-state index in [4.69, 9.17) is 4.74 Å². The van der Waals surface area contributed by atoms with Crippen LogP contribution in [0.1, 0.15) is 32.8 Å². The number of benzene rings is 3. The number of hydrogen-bond donors (Lipinski definition) is 1. The van der Waals surface area contributed by atoms with Crippen LogP contribution in [0.4, 0.5) is 14.5 Å². The summed E-state index contributed by atoms with van der Waals surface area (Å²) >= 11 is 0. The Bertz CT molecular complexity index is 1380. The number of sulfonamides is 1. The molecule has 0 spiro atoms. The predicted octanol–water partition coefficient (Wildman–Crippen LogP) is 4.50. The van der Waals surface area contributed by atoms with Gasteiger partial charge in [-0.3, -0.25) is 13.9 Å². The Hall–Kier alpha value is -3.99. The maximum atomic E-state index is 13.9. The first kappa shape index (κ1) is 30.6. The van der Waals surface area contributed by atoms with Crippen molar-refractivity contribution in [1.82, 2.24) is 10.2 Å². The minimum atomic E-state index is -4.31. The van der Waals surface area contributed by atoms with Gasteiger partial charge in [0.2, 0.25) is 11.8 Å². The molecule has 11 heteroatoms. The SMILES string of the molecule is CCNC(=O)C(CC)N(Cc1ccc(F)cc1)C(=O)CN(c1ccc(F)cc1)S(=O)(=O)c1ccc(OCC)cc1. The number of halogens is 2. The Balaban J connectivity index is 2.04. The molecule has 214 valence electrons. The number of carbonyl (C=O) groups is 2. The molecule has 40 heavy (non-hydrogen) atoms. The average molecular weight is 574 g/mol. The quantitative estimate of drug-likeness (QED) is 0.325. The summed E-state index contributed by atoms with van der Waals surface area (Å²) in [5.41, 5.74) is 0.622. The van der Waals surface area contributed by atoms with Crippen LogP contribution in [0, 0.1) is 11.6 Å². The van der Waals surface area contributed by atoms with Crippen LogP contribution in [0.15, 0.2) is 77.7 Å². The summed E-state index contributed by atoms with van der Waals surface area (Å²) in [6.07, 6.45) is 0.251. The molecule has 0 aliphatic rings. The number of nitrogens with zero attached hydrogens (tertiary/aromatic N) is 2. The maximum absolute atomic E-state index is 13.9. The number of rotatable bonds is 13. The summed E-state index contributed by atoms with van der Waals surface area (Å²) in [5, 5.41) is 2.71. The molecule has 0 fully saturated rings. The van der Waals surface area contributed by atoms with E-state index in [1.807, 2.05) is 0 Å². The largest absolute Gasteiger partial charge is 0.494 e. The van der Waals surface area contributed by atoms with Crippen molar-refractivity contribution in [2.24, 2.45) is 0 Å². The van der Waals surface area contributed by atoms with Gasteiger partial charge in [0.05, 0.1) is 17.2 Å². The monoisotopic (exact) mass is 573 g/mol. The highest BCUT2D eigenvalue weighted by Gasteiger charge is 2.33. The number of ether oxygens (including phenoxy) is 1.